The number of aliphatic hydroxyl groups excluding tert-OH is 2. The fraction of sp³-hybridized carbons (Fsp3) is 0.881. The molecule has 0 bridgehead atoms. The van der Waals surface area contributed by atoms with Crippen molar-refractivity contribution in [2.24, 2.45) is 0 Å². The molecule has 0 saturated heterocycles. The molecule has 0 aromatic rings. The van der Waals surface area contributed by atoms with E-state index in [0.29, 0.717) is 19.4 Å². The van der Waals surface area contributed by atoms with Crippen LogP contribution in [0.5, 0.6) is 0 Å². The minimum Gasteiger partial charge on any atom is -0.466 e. The number of hydrogen-bond donors (Lipinski definition) is 3. The average molecular weight is 1030 g/mol. The quantitative estimate of drug-likeness (QED) is 0.0320. The Morgan fingerprint density at radius 1 is 0.384 bits per heavy atom. The van der Waals surface area contributed by atoms with Crippen LogP contribution in [0, 0.1) is 0 Å². The lowest BCUT2D eigenvalue weighted by Crippen LogP contribution is -2.45. The van der Waals surface area contributed by atoms with E-state index in [9.17, 15) is 19.8 Å². The third kappa shape index (κ3) is 59.2. The summed E-state index contributed by atoms with van der Waals surface area (Å²) in [6.45, 7) is 4.92. The van der Waals surface area contributed by atoms with Gasteiger partial charge >= 0.3 is 5.97 Å². The van der Waals surface area contributed by atoms with Crippen LogP contribution in [0.15, 0.2) is 36.5 Å². The highest BCUT2D eigenvalue weighted by atomic mass is 16.5. The highest BCUT2D eigenvalue weighted by molar-refractivity contribution is 5.76. The molecule has 0 heterocycles. The van der Waals surface area contributed by atoms with Crippen LogP contribution < -0.4 is 5.32 Å². The minimum atomic E-state index is -0.851. The largest absolute Gasteiger partial charge is 0.466 e. The Kier molecular flexibility index (Phi) is 61.0. The van der Waals surface area contributed by atoms with Gasteiger partial charge in [-0.25, -0.2) is 0 Å². The molecule has 2 unspecified atom stereocenters. The fourth-order valence-electron chi connectivity index (χ4n) is 10.1. The molecule has 2 atom stereocenters. The Labute approximate surface area is 455 Å². The lowest BCUT2D eigenvalue weighted by molar-refractivity contribution is -0.143. The van der Waals surface area contributed by atoms with E-state index in [4.69, 9.17) is 4.74 Å². The number of ether oxygens (including phenoxy) is 1. The maximum Gasteiger partial charge on any atom is 0.305 e. The summed E-state index contributed by atoms with van der Waals surface area (Å²) < 4.78 is 5.50. The van der Waals surface area contributed by atoms with Crippen molar-refractivity contribution in [3.63, 3.8) is 0 Å². The van der Waals surface area contributed by atoms with Gasteiger partial charge in [-0.15, -0.1) is 0 Å². The van der Waals surface area contributed by atoms with Crippen LogP contribution in [-0.2, 0) is 14.3 Å². The first-order valence-electron chi connectivity index (χ1n) is 32.8. The van der Waals surface area contributed by atoms with E-state index in [-0.39, 0.29) is 18.5 Å². The number of nitrogens with one attached hydrogen (secondary N) is 1. The van der Waals surface area contributed by atoms with E-state index in [2.05, 4.69) is 43.5 Å². The Balaban J connectivity index is 3.43. The number of hydrogen-bond acceptors (Lipinski definition) is 5. The second-order valence-electron chi connectivity index (χ2n) is 22.5. The normalized spacial score (nSPS) is 12.8. The molecular weight excluding hydrogens is 899 g/mol. The number of allylic oxidation sites excluding steroid dienone is 5. The van der Waals surface area contributed by atoms with E-state index in [1.165, 1.54) is 270 Å². The van der Waals surface area contributed by atoms with Gasteiger partial charge < -0.3 is 20.3 Å². The number of rotatable bonds is 61. The molecule has 6 nitrogen and oxygen atoms in total. The van der Waals surface area contributed by atoms with Crippen molar-refractivity contribution >= 4 is 11.9 Å². The number of aliphatic hydroxyl groups is 2. The van der Waals surface area contributed by atoms with Gasteiger partial charge in [-0.1, -0.05) is 314 Å². The second kappa shape index (κ2) is 62.6. The summed E-state index contributed by atoms with van der Waals surface area (Å²) in [6, 6.07) is -0.635. The zero-order valence-electron chi connectivity index (χ0n) is 49.1. The topological polar surface area (TPSA) is 95.9 Å². The minimum absolute atomic E-state index is 0.0115. The lowest BCUT2D eigenvalue weighted by atomic mass is 10.0. The van der Waals surface area contributed by atoms with Gasteiger partial charge in [-0.05, 0) is 64.2 Å². The van der Waals surface area contributed by atoms with Crippen LogP contribution in [0.2, 0.25) is 0 Å². The van der Waals surface area contributed by atoms with Gasteiger partial charge in [0, 0.05) is 12.8 Å². The first-order valence-corrected chi connectivity index (χ1v) is 32.8. The van der Waals surface area contributed by atoms with Gasteiger partial charge in [0.1, 0.15) is 0 Å². The second-order valence-corrected chi connectivity index (χ2v) is 22.5. The van der Waals surface area contributed by atoms with Gasteiger partial charge in [-0.2, -0.15) is 0 Å². The number of carbonyl (C=O) groups excluding carboxylic acids is 2. The molecule has 0 rings (SSSR count). The summed E-state index contributed by atoms with van der Waals surface area (Å²) in [5.41, 5.74) is 0. The Morgan fingerprint density at radius 2 is 0.685 bits per heavy atom. The molecule has 1 amide bonds. The zero-order chi connectivity index (χ0) is 52.9. The lowest BCUT2D eigenvalue weighted by Gasteiger charge is -2.20. The van der Waals surface area contributed by atoms with E-state index >= 15 is 0 Å². The maximum absolute atomic E-state index is 12.5. The molecule has 0 aliphatic carbocycles. The maximum atomic E-state index is 12.5. The van der Waals surface area contributed by atoms with Crippen molar-refractivity contribution in [3.8, 4) is 0 Å². The molecule has 3 N–H and O–H groups in total. The van der Waals surface area contributed by atoms with E-state index in [0.717, 1.165) is 57.8 Å². The molecule has 0 spiro atoms. The summed E-state index contributed by atoms with van der Waals surface area (Å²) in [6.07, 6.45) is 79.1. The standard InChI is InChI=1S/C67H127NO5/c1-3-5-7-9-11-13-15-17-19-20-26-30-33-37-41-45-49-53-57-61-67(72)73-62-58-54-50-46-42-38-34-31-28-25-23-21-22-24-27-29-32-36-40-44-48-52-56-60-66(71)68-64(63-69)65(70)59-55-51-47-43-39-35-18-16-14-12-10-8-6-4-2/h21,23-24,27,55,59,64-65,69-70H,3-20,22,25-26,28-54,56-58,60-63H2,1-2H3,(H,68,71)/b23-21-,27-24-,59-55+. The molecule has 0 aliphatic rings. The summed E-state index contributed by atoms with van der Waals surface area (Å²) in [4.78, 5) is 24.6. The van der Waals surface area contributed by atoms with Gasteiger partial charge in [0.05, 0.1) is 25.4 Å². The predicted octanol–water partition coefficient (Wildman–Crippen LogP) is 20.8. The molecule has 0 aromatic heterocycles. The summed E-state index contributed by atoms with van der Waals surface area (Å²) in [5, 5.41) is 23.1. The van der Waals surface area contributed by atoms with Crippen LogP contribution >= 0.6 is 0 Å². The van der Waals surface area contributed by atoms with Gasteiger partial charge in [0.25, 0.3) is 0 Å². The molecule has 73 heavy (non-hydrogen) atoms. The van der Waals surface area contributed by atoms with Crippen molar-refractivity contribution in [3.05, 3.63) is 36.5 Å². The highest BCUT2D eigenvalue weighted by Gasteiger charge is 2.18. The Bertz CT molecular complexity index is 1180. The van der Waals surface area contributed by atoms with Crippen molar-refractivity contribution in [2.75, 3.05) is 13.2 Å². The van der Waals surface area contributed by atoms with Crippen LogP contribution in [0.4, 0.5) is 0 Å². The molecular formula is C67H127NO5. The van der Waals surface area contributed by atoms with Gasteiger partial charge in [-0.3, -0.25) is 9.59 Å². The van der Waals surface area contributed by atoms with Crippen LogP contribution in [0.3, 0.4) is 0 Å². The van der Waals surface area contributed by atoms with Gasteiger partial charge in [0.15, 0.2) is 0 Å². The van der Waals surface area contributed by atoms with Crippen LogP contribution in [0.1, 0.15) is 354 Å². The monoisotopic (exact) mass is 1030 g/mol. The predicted molar refractivity (Wildman–Crippen MR) is 319 cm³/mol. The molecule has 430 valence electrons. The molecule has 0 fully saturated rings. The molecule has 0 radical (unpaired) electrons. The zero-order valence-corrected chi connectivity index (χ0v) is 49.1. The third-order valence-corrected chi connectivity index (χ3v) is 15.2. The van der Waals surface area contributed by atoms with Crippen molar-refractivity contribution < 1.29 is 24.5 Å². The molecule has 0 saturated carbocycles. The van der Waals surface area contributed by atoms with Crippen LogP contribution in [0.25, 0.3) is 0 Å². The third-order valence-electron chi connectivity index (χ3n) is 15.2. The fourth-order valence-corrected chi connectivity index (χ4v) is 10.1. The first-order chi connectivity index (χ1) is 36.0. The SMILES string of the molecule is CCCCCCCCCCCCCC/C=C/C(O)C(CO)NC(=O)CCCCCCCCC/C=C\C/C=C\CCCCCCCCCCCOC(=O)CCCCCCCCCCCCCCCCCCCCC. The number of carbonyl (C=O) groups is 2. The van der Waals surface area contributed by atoms with Crippen molar-refractivity contribution in [1.82, 2.24) is 5.32 Å². The number of amides is 1. The first kappa shape index (κ1) is 71.1. The Morgan fingerprint density at radius 3 is 1.04 bits per heavy atom. The van der Waals surface area contributed by atoms with Crippen molar-refractivity contribution in [1.29, 1.82) is 0 Å². The summed E-state index contributed by atoms with van der Waals surface area (Å²) >= 11 is 0. The Hall–Kier alpha value is -1.92. The van der Waals surface area contributed by atoms with E-state index in [1.54, 1.807) is 6.08 Å². The van der Waals surface area contributed by atoms with Gasteiger partial charge in [0.2, 0.25) is 5.91 Å². The summed E-state index contributed by atoms with van der Waals surface area (Å²) in [7, 11) is 0. The number of unbranched alkanes of at least 4 members (excludes halogenated alkanes) is 46. The average Bonchev–Trinajstić information content (AvgIpc) is 3.39. The highest BCUT2D eigenvalue weighted by Crippen LogP contribution is 2.17. The molecule has 6 heteroatoms. The number of esters is 1. The molecule has 0 aromatic carbocycles. The summed E-state index contributed by atoms with van der Waals surface area (Å²) in [5.74, 6) is -0.0661. The van der Waals surface area contributed by atoms with Crippen LogP contribution in [-0.4, -0.2) is 47.4 Å². The van der Waals surface area contributed by atoms with E-state index < -0.39 is 12.1 Å². The van der Waals surface area contributed by atoms with E-state index in [1.807, 2.05) is 6.08 Å². The van der Waals surface area contributed by atoms with Crippen molar-refractivity contribution in [2.45, 2.75) is 366 Å². The molecule has 0 aliphatic heterocycles. The smallest absolute Gasteiger partial charge is 0.305 e.